The van der Waals surface area contributed by atoms with Crippen molar-refractivity contribution in [2.24, 2.45) is 0 Å². The van der Waals surface area contributed by atoms with Crippen LogP contribution in [0.3, 0.4) is 0 Å². The SMILES string of the molecule is CCc1ccccc1OCC(Br)CBr. The topological polar surface area (TPSA) is 9.23 Å². The molecule has 0 saturated heterocycles. The molecule has 1 atom stereocenters. The Morgan fingerprint density at radius 3 is 2.71 bits per heavy atom. The highest BCUT2D eigenvalue weighted by Gasteiger charge is 2.05. The van der Waals surface area contributed by atoms with Crippen molar-refractivity contribution in [3.8, 4) is 5.75 Å². The van der Waals surface area contributed by atoms with Gasteiger partial charge in [0.05, 0.1) is 4.83 Å². The van der Waals surface area contributed by atoms with E-state index in [0.29, 0.717) is 11.4 Å². The summed E-state index contributed by atoms with van der Waals surface area (Å²) in [6, 6.07) is 8.17. The second kappa shape index (κ2) is 6.46. The fourth-order valence-corrected chi connectivity index (χ4v) is 1.48. The van der Waals surface area contributed by atoms with Gasteiger partial charge in [-0.15, -0.1) is 0 Å². The number of ether oxygens (including phenoxy) is 1. The molecule has 0 aliphatic carbocycles. The Bertz CT molecular complexity index is 276. The first kappa shape index (κ1) is 12.1. The minimum absolute atomic E-state index is 0.368. The quantitative estimate of drug-likeness (QED) is 0.750. The molecule has 0 bridgehead atoms. The number of aryl methyl sites for hydroxylation is 1. The highest BCUT2D eigenvalue weighted by atomic mass is 79.9. The maximum atomic E-state index is 5.70. The van der Waals surface area contributed by atoms with E-state index < -0.39 is 0 Å². The molecule has 1 nitrogen and oxygen atoms in total. The second-order valence-corrected chi connectivity index (χ2v) is 4.97. The average Bonchev–Trinajstić information content (AvgIpc) is 2.26. The molecular formula is C11H14Br2O. The Kier molecular flexibility index (Phi) is 5.56. The minimum Gasteiger partial charge on any atom is -0.492 e. The van der Waals surface area contributed by atoms with Crippen LogP contribution in [0.1, 0.15) is 12.5 Å². The van der Waals surface area contributed by atoms with Gasteiger partial charge in [-0.25, -0.2) is 0 Å². The van der Waals surface area contributed by atoms with Gasteiger partial charge in [0.2, 0.25) is 0 Å². The lowest BCUT2D eigenvalue weighted by Crippen LogP contribution is -2.12. The molecule has 1 aromatic rings. The van der Waals surface area contributed by atoms with Gasteiger partial charge in [-0.3, -0.25) is 0 Å². The van der Waals surface area contributed by atoms with Crippen LogP contribution in [0.4, 0.5) is 0 Å². The third-order valence-electron chi connectivity index (χ3n) is 1.94. The summed E-state index contributed by atoms with van der Waals surface area (Å²) in [5.41, 5.74) is 1.27. The van der Waals surface area contributed by atoms with E-state index in [1.807, 2.05) is 18.2 Å². The number of halogens is 2. The van der Waals surface area contributed by atoms with Gasteiger partial charge in [0.1, 0.15) is 12.4 Å². The summed E-state index contributed by atoms with van der Waals surface area (Å²) in [7, 11) is 0. The zero-order chi connectivity index (χ0) is 10.4. The molecule has 0 saturated carbocycles. The highest BCUT2D eigenvalue weighted by molar-refractivity contribution is 9.12. The van der Waals surface area contributed by atoms with Gasteiger partial charge in [0.25, 0.3) is 0 Å². The molecule has 0 aliphatic rings. The maximum Gasteiger partial charge on any atom is 0.122 e. The van der Waals surface area contributed by atoms with Crippen molar-refractivity contribution in [2.45, 2.75) is 18.2 Å². The average molecular weight is 322 g/mol. The highest BCUT2D eigenvalue weighted by Crippen LogP contribution is 2.19. The molecule has 3 heteroatoms. The maximum absolute atomic E-state index is 5.70. The molecule has 0 heterocycles. The van der Waals surface area contributed by atoms with E-state index in [1.165, 1.54) is 5.56 Å². The van der Waals surface area contributed by atoms with Crippen LogP contribution < -0.4 is 4.74 Å². The van der Waals surface area contributed by atoms with Crippen LogP contribution in [-0.2, 0) is 6.42 Å². The molecule has 1 unspecified atom stereocenters. The number of rotatable bonds is 5. The monoisotopic (exact) mass is 320 g/mol. The third kappa shape index (κ3) is 3.62. The summed E-state index contributed by atoms with van der Waals surface area (Å²) in [6.07, 6.45) is 1.01. The molecule has 0 aliphatic heterocycles. The lowest BCUT2D eigenvalue weighted by molar-refractivity contribution is 0.322. The lowest BCUT2D eigenvalue weighted by atomic mass is 10.1. The smallest absolute Gasteiger partial charge is 0.122 e. The molecule has 14 heavy (non-hydrogen) atoms. The summed E-state index contributed by atoms with van der Waals surface area (Å²) in [4.78, 5) is 0.368. The van der Waals surface area contributed by atoms with Crippen LogP contribution in [0.2, 0.25) is 0 Å². The fourth-order valence-electron chi connectivity index (χ4n) is 1.16. The van der Waals surface area contributed by atoms with Gasteiger partial charge in [0, 0.05) is 5.33 Å². The largest absolute Gasteiger partial charge is 0.492 e. The Morgan fingerprint density at radius 2 is 2.07 bits per heavy atom. The molecule has 0 radical (unpaired) electrons. The second-order valence-electron chi connectivity index (χ2n) is 3.02. The van der Waals surface area contributed by atoms with Crippen LogP contribution >= 0.6 is 31.9 Å². The predicted octanol–water partition coefficient (Wildman–Crippen LogP) is 3.79. The van der Waals surface area contributed by atoms with E-state index >= 15 is 0 Å². The van der Waals surface area contributed by atoms with Crippen molar-refractivity contribution in [3.05, 3.63) is 29.8 Å². The van der Waals surface area contributed by atoms with Gasteiger partial charge in [0.15, 0.2) is 0 Å². The van der Waals surface area contributed by atoms with Gasteiger partial charge >= 0.3 is 0 Å². The summed E-state index contributed by atoms with van der Waals surface area (Å²) in [6.45, 7) is 2.83. The van der Waals surface area contributed by atoms with Crippen molar-refractivity contribution in [1.82, 2.24) is 0 Å². The Labute approximate surface area is 102 Å². The van der Waals surface area contributed by atoms with Crippen LogP contribution in [0.15, 0.2) is 24.3 Å². The summed E-state index contributed by atoms with van der Waals surface area (Å²) in [5.74, 6) is 1.00. The number of hydrogen-bond acceptors (Lipinski definition) is 1. The first-order chi connectivity index (χ1) is 6.77. The molecule has 0 N–H and O–H groups in total. The first-order valence-corrected chi connectivity index (χ1v) is 6.72. The summed E-state index contributed by atoms with van der Waals surface area (Å²) < 4.78 is 5.70. The van der Waals surface area contributed by atoms with Crippen molar-refractivity contribution < 1.29 is 4.74 Å². The Hall–Kier alpha value is -0.0200. The molecule has 0 amide bonds. The fraction of sp³-hybridized carbons (Fsp3) is 0.455. The first-order valence-electron chi connectivity index (χ1n) is 4.68. The third-order valence-corrected chi connectivity index (χ3v) is 4.18. The Balaban J connectivity index is 2.57. The van der Waals surface area contributed by atoms with E-state index in [-0.39, 0.29) is 0 Å². The lowest BCUT2D eigenvalue weighted by Gasteiger charge is -2.12. The number of alkyl halides is 2. The molecule has 1 aromatic carbocycles. The molecular weight excluding hydrogens is 308 g/mol. The number of hydrogen-bond donors (Lipinski definition) is 0. The molecule has 0 spiro atoms. The van der Waals surface area contributed by atoms with Gasteiger partial charge < -0.3 is 4.74 Å². The minimum atomic E-state index is 0.368. The molecule has 78 valence electrons. The van der Waals surface area contributed by atoms with E-state index in [0.717, 1.165) is 17.5 Å². The van der Waals surface area contributed by atoms with Crippen molar-refractivity contribution in [3.63, 3.8) is 0 Å². The van der Waals surface area contributed by atoms with Crippen LogP contribution in [0, 0.1) is 0 Å². The number of benzene rings is 1. The molecule has 0 fully saturated rings. The van der Waals surface area contributed by atoms with Gasteiger partial charge in [-0.2, -0.15) is 0 Å². The summed E-state index contributed by atoms with van der Waals surface area (Å²) >= 11 is 6.91. The summed E-state index contributed by atoms with van der Waals surface area (Å²) in [5, 5.41) is 0.904. The molecule has 1 rings (SSSR count). The zero-order valence-electron chi connectivity index (χ0n) is 8.17. The normalized spacial score (nSPS) is 12.5. The molecule has 0 aromatic heterocycles. The van der Waals surface area contributed by atoms with Crippen LogP contribution in [0.25, 0.3) is 0 Å². The van der Waals surface area contributed by atoms with Crippen LogP contribution in [0.5, 0.6) is 5.75 Å². The number of para-hydroxylation sites is 1. The van der Waals surface area contributed by atoms with Crippen LogP contribution in [-0.4, -0.2) is 16.8 Å². The standard InChI is InChI=1S/C11H14Br2O/c1-2-9-5-3-4-6-11(9)14-8-10(13)7-12/h3-6,10H,2,7-8H2,1H3. The van der Waals surface area contributed by atoms with E-state index in [2.05, 4.69) is 44.8 Å². The van der Waals surface area contributed by atoms with Gasteiger partial charge in [-0.05, 0) is 18.1 Å². The van der Waals surface area contributed by atoms with E-state index in [9.17, 15) is 0 Å². The predicted molar refractivity (Wildman–Crippen MR) is 67.8 cm³/mol. The van der Waals surface area contributed by atoms with Crippen molar-refractivity contribution in [2.75, 3.05) is 11.9 Å². The van der Waals surface area contributed by atoms with Crippen molar-refractivity contribution in [1.29, 1.82) is 0 Å². The Morgan fingerprint density at radius 1 is 1.36 bits per heavy atom. The zero-order valence-corrected chi connectivity index (χ0v) is 11.3. The van der Waals surface area contributed by atoms with E-state index in [1.54, 1.807) is 0 Å². The van der Waals surface area contributed by atoms with E-state index in [4.69, 9.17) is 4.74 Å². The van der Waals surface area contributed by atoms with Crippen molar-refractivity contribution >= 4 is 31.9 Å². The van der Waals surface area contributed by atoms with Gasteiger partial charge in [-0.1, -0.05) is 57.0 Å².